The minimum Gasteiger partial charge on any atom is -0.342 e. The molecule has 1 aromatic heterocycles. The largest absolute Gasteiger partial charge is 0.342 e. The van der Waals surface area contributed by atoms with Crippen LogP contribution in [0.5, 0.6) is 0 Å². The van der Waals surface area contributed by atoms with Gasteiger partial charge in [0, 0.05) is 25.8 Å². The van der Waals surface area contributed by atoms with E-state index < -0.39 is 18.5 Å². The highest BCUT2D eigenvalue weighted by Crippen LogP contribution is 2.22. The van der Waals surface area contributed by atoms with Gasteiger partial charge in [0.25, 0.3) is 5.91 Å². The van der Waals surface area contributed by atoms with E-state index in [9.17, 15) is 18.4 Å². The number of likely N-dealkylation sites (N-methyl/N-ethyl adjacent to an activating group) is 1. The van der Waals surface area contributed by atoms with Crippen LogP contribution in [0.3, 0.4) is 0 Å². The quantitative estimate of drug-likeness (QED) is 0.826. The van der Waals surface area contributed by atoms with E-state index in [1.165, 1.54) is 28.9 Å². The molecular formula is C13H17F2N3O2. The molecule has 1 aromatic rings. The molecule has 1 unspecified atom stereocenters. The Bertz CT molecular complexity index is 542. The minimum atomic E-state index is -2.78. The van der Waals surface area contributed by atoms with E-state index in [1.807, 2.05) is 0 Å². The number of amides is 2. The van der Waals surface area contributed by atoms with Gasteiger partial charge in [0.1, 0.15) is 11.7 Å². The van der Waals surface area contributed by atoms with Crippen LogP contribution in [0.25, 0.3) is 0 Å². The maximum Gasteiger partial charge on any atom is 0.319 e. The van der Waals surface area contributed by atoms with E-state index in [-0.39, 0.29) is 11.6 Å². The summed E-state index contributed by atoms with van der Waals surface area (Å²) in [6.45, 7) is 1.10. The number of carbonyl (C=O) groups excluding carboxylic acids is 2. The Morgan fingerprint density at radius 3 is 2.60 bits per heavy atom. The number of piperazine rings is 1. The molecule has 0 aliphatic carbocycles. The second-order valence-corrected chi connectivity index (χ2v) is 4.94. The summed E-state index contributed by atoms with van der Waals surface area (Å²) >= 11 is 0. The van der Waals surface area contributed by atoms with Gasteiger partial charge >= 0.3 is 6.55 Å². The minimum absolute atomic E-state index is 0.0818. The summed E-state index contributed by atoms with van der Waals surface area (Å²) in [4.78, 5) is 27.2. The van der Waals surface area contributed by atoms with Crippen molar-refractivity contribution in [3.63, 3.8) is 0 Å². The summed E-state index contributed by atoms with van der Waals surface area (Å²) in [5.74, 6) is -0.719. The smallest absolute Gasteiger partial charge is 0.319 e. The van der Waals surface area contributed by atoms with Crippen LogP contribution in [0.4, 0.5) is 8.78 Å². The molecule has 2 rings (SSSR count). The fourth-order valence-electron chi connectivity index (χ4n) is 2.42. The number of aromatic nitrogens is 1. The lowest BCUT2D eigenvalue weighted by Gasteiger charge is -2.37. The molecule has 0 spiro atoms. The first kappa shape index (κ1) is 14.5. The monoisotopic (exact) mass is 285 g/mol. The number of rotatable bonds is 2. The molecule has 5 nitrogen and oxygen atoms in total. The summed E-state index contributed by atoms with van der Waals surface area (Å²) in [5.41, 5.74) is 0.234. The third-order valence-electron chi connectivity index (χ3n) is 3.67. The maximum absolute atomic E-state index is 13.0. The molecule has 1 atom stereocenters. The number of aryl methyl sites for hydroxylation is 1. The molecule has 0 saturated carbocycles. The average molecular weight is 285 g/mol. The summed E-state index contributed by atoms with van der Waals surface area (Å²) in [6, 6.07) is 2.21. The van der Waals surface area contributed by atoms with Gasteiger partial charge in [-0.05, 0) is 26.0 Å². The van der Waals surface area contributed by atoms with E-state index in [4.69, 9.17) is 0 Å². The second-order valence-electron chi connectivity index (χ2n) is 4.94. The highest BCUT2D eigenvalue weighted by atomic mass is 19.3. The second kappa shape index (κ2) is 5.22. The van der Waals surface area contributed by atoms with E-state index >= 15 is 0 Å². The topological polar surface area (TPSA) is 45.6 Å². The Morgan fingerprint density at radius 1 is 1.35 bits per heavy atom. The van der Waals surface area contributed by atoms with Crippen molar-refractivity contribution >= 4 is 11.8 Å². The standard InChI is InChI=1S/C13H17F2N3O2/c1-8-4-5-10(18(8)13(14)15)12(20)17-7-6-16(3)11(19)9(17)2/h4-5,9,13H,6-7H2,1-3H3. The Kier molecular flexibility index (Phi) is 3.78. The molecule has 20 heavy (non-hydrogen) atoms. The molecule has 1 aliphatic rings. The van der Waals surface area contributed by atoms with Crippen LogP contribution < -0.4 is 0 Å². The molecule has 0 bridgehead atoms. The lowest BCUT2D eigenvalue weighted by atomic mass is 10.1. The third-order valence-corrected chi connectivity index (χ3v) is 3.67. The number of hydrogen-bond donors (Lipinski definition) is 0. The van der Waals surface area contributed by atoms with Gasteiger partial charge in [0.15, 0.2) is 0 Å². The lowest BCUT2D eigenvalue weighted by molar-refractivity contribution is -0.137. The van der Waals surface area contributed by atoms with Crippen LogP contribution >= 0.6 is 0 Å². The molecule has 2 amide bonds. The van der Waals surface area contributed by atoms with Crippen molar-refractivity contribution in [1.82, 2.24) is 14.4 Å². The first-order valence-electron chi connectivity index (χ1n) is 6.36. The van der Waals surface area contributed by atoms with Gasteiger partial charge in [-0.2, -0.15) is 8.78 Å². The first-order chi connectivity index (χ1) is 9.34. The van der Waals surface area contributed by atoms with Crippen LogP contribution in [0.15, 0.2) is 12.1 Å². The van der Waals surface area contributed by atoms with Gasteiger partial charge in [-0.15, -0.1) is 0 Å². The lowest BCUT2D eigenvalue weighted by Crippen LogP contribution is -2.56. The van der Waals surface area contributed by atoms with Crippen LogP contribution in [-0.4, -0.2) is 52.4 Å². The molecule has 1 saturated heterocycles. The molecule has 1 fully saturated rings. The number of hydrogen-bond acceptors (Lipinski definition) is 2. The van der Waals surface area contributed by atoms with Gasteiger partial charge in [0.2, 0.25) is 5.91 Å². The van der Waals surface area contributed by atoms with E-state index in [2.05, 4.69) is 0 Å². The first-order valence-corrected chi connectivity index (χ1v) is 6.36. The number of nitrogens with zero attached hydrogens (tertiary/aromatic N) is 3. The van der Waals surface area contributed by atoms with Crippen LogP contribution in [-0.2, 0) is 4.79 Å². The van der Waals surface area contributed by atoms with E-state index in [1.54, 1.807) is 14.0 Å². The van der Waals surface area contributed by atoms with Crippen molar-refractivity contribution in [3.05, 3.63) is 23.5 Å². The molecule has 7 heteroatoms. The molecule has 0 N–H and O–H groups in total. The number of halogens is 2. The number of carbonyl (C=O) groups is 2. The summed E-state index contributed by atoms with van der Waals surface area (Å²) in [6.07, 6.45) is 0. The highest BCUT2D eigenvalue weighted by Gasteiger charge is 2.34. The van der Waals surface area contributed by atoms with Crippen molar-refractivity contribution < 1.29 is 18.4 Å². The zero-order valence-corrected chi connectivity index (χ0v) is 11.6. The van der Waals surface area contributed by atoms with Crippen LogP contribution in [0.1, 0.15) is 29.7 Å². The summed E-state index contributed by atoms with van der Waals surface area (Å²) in [7, 11) is 1.66. The highest BCUT2D eigenvalue weighted by molar-refractivity contribution is 5.97. The Morgan fingerprint density at radius 2 is 2.00 bits per heavy atom. The zero-order chi connectivity index (χ0) is 15.0. The van der Waals surface area contributed by atoms with Crippen molar-refractivity contribution in [2.45, 2.75) is 26.4 Å². The SMILES string of the molecule is Cc1ccc(C(=O)N2CCN(C)C(=O)C2C)n1C(F)F. The molecule has 1 aliphatic heterocycles. The van der Waals surface area contributed by atoms with Gasteiger partial charge in [-0.1, -0.05) is 0 Å². The Labute approximate surface area is 115 Å². The van der Waals surface area contributed by atoms with Gasteiger partial charge in [-0.3, -0.25) is 14.2 Å². The van der Waals surface area contributed by atoms with Gasteiger partial charge in [-0.25, -0.2) is 0 Å². The van der Waals surface area contributed by atoms with Crippen molar-refractivity contribution in [3.8, 4) is 0 Å². The predicted octanol–water partition coefficient (Wildman–Crippen LogP) is 1.49. The van der Waals surface area contributed by atoms with Crippen LogP contribution in [0, 0.1) is 6.92 Å². The fourth-order valence-corrected chi connectivity index (χ4v) is 2.42. The third kappa shape index (κ3) is 2.28. The van der Waals surface area contributed by atoms with Crippen LogP contribution in [0.2, 0.25) is 0 Å². The maximum atomic E-state index is 13.0. The van der Waals surface area contributed by atoms with Crippen molar-refractivity contribution in [1.29, 1.82) is 0 Å². The summed E-state index contributed by atoms with van der Waals surface area (Å²) < 4.78 is 26.7. The molecule has 110 valence electrons. The summed E-state index contributed by atoms with van der Waals surface area (Å²) in [5, 5.41) is 0. The predicted molar refractivity (Wildman–Crippen MR) is 68.6 cm³/mol. The van der Waals surface area contributed by atoms with Gasteiger partial charge in [0.05, 0.1) is 0 Å². The fraction of sp³-hybridized carbons (Fsp3) is 0.538. The Hall–Kier alpha value is -1.92. The van der Waals surface area contributed by atoms with Gasteiger partial charge < -0.3 is 9.80 Å². The Balaban J connectivity index is 2.30. The molecular weight excluding hydrogens is 268 g/mol. The van der Waals surface area contributed by atoms with E-state index in [0.29, 0.717) is 23.4 Å². The van der Waals surface area contributed by atoms with Crippen molar-refractivity contribution in [2.75, 3.05) is 20.1 Å². The van der Waals surface area contributed by atoms with Crippen molar-refractivity contribution in [2.24, 2.45) is 0 Å². The van der Waals surface area contributed by atoms with E-state index in [0.717, 1.165) is 0 Å². The molecule has 0 radical (unpaired) electrons. The zero-order valence-electron chi connectivity index (χ0n) is 11.6. The normalized spacial score (nSPS) is 19.9. The molecule has 0 aromatic carbocycles. The number of alkyl halides is 2. The average Bonchev–Trinajstić information content (AvgIpc) is 2.77. The molecule has 2 heterocycles.